The van der Waals surface area contributed by atoms with Crippen molar-refractivity contribution in [2.75, 3.05) is 19.5 Å². The second kappa shape index (κ2) is 9.03. The van der Waals surface area contributed by atoms with Gasteiger partial charge in [-0.05, 0) is 56.2 Å². The van der Waals surface area contributed by atoms with E-state index in [1.54, 1.807) is 6.92 Å². The Hall–Kier alpha value is -3.35. The van der Waals surface area contributed by atoms with E-state index in [2.05, 4.69) is 10.1 Å². The highest BCUT2D eigenvalue weighted by atomic mass is 16.5. The van der Waals surface area contributed by atoms with Crippen molar-refractivity contribution in [3.63, 3.8) is 0 Å². The van der Waals surface area contributed by atoms with Crippen LogP contribution in [0.3, 0.4) is 0 Å². The number of hydrogen-bond donors (Lipinski definition) is 1. The second-order valence-corrected chi connectivity index (χ2v) is 6.26. The van der Waals surface area contributed by atoms with E-state index in [4.69, 9.17) is 9.47 Å². The van der Waals surface area contributed by atoms with Crippen LogP contribution < -0.4 is 10.1 Å². The van der Waals surface area contributed by atoms with Crippen molar-refractivity contribution >= 4 is 23.5 Å². The molecule has 0 heterocycles. The van der Waals surface area contributed by atoms with Crippen LogP contribution in [0.2, 0.25) is 0 Å². The van der Waals surface area contributed by atoms with Crippen LogP contribution in [-0.2, 0) is 14.3 Å². The van der Waals surface area contributed by atoms with Crippen LogP contribution in [-0.4, -0.2) is 38.2 Å². The molecule has 2 rings (SSSR count). The van der Waals surface area contributed by atoms with E-state index in [9.17, 15) is 14.4 Å². The monoisotopic (exact) mass is 385 g/mol. The maximum atomic E-state index is 12.6. The van der Waals surface area contributed by atoms with Gasteiger partial charge in [0, 0.05) is 0 Å². The molecule has 0 spiro atoms. The Balaban J connectivity index is 2.26. The number of aryl methyl sites for hydroxylation is 2. The SMILES string of the molecule is COC(=O)c1ccc(C(=O)OC)c(NC(=O)[C@@H](C)Oc2cc(C)ccc2C)c1. The van der Waals surface area contributed by atoms with Gasteiger partial charge >= 0.3 is 11.9 Å². The van der Waals surface area contributed by atoms with Gasteiger partial charge in [0.15, 0.2) is 6.10 Å². The molecule has 0 aliphatic heterocycles. The third-order valence-electron chi connectivity index (χ3n) is 4.12. The second-order valence-electron chi connectivity index (χ2n) is 6.26. The fourth-order valence-corrected chi connectivity index (χ4v) is 2.49. The average Bonchev–Trinajstić information content (AvgIpc) is 2.69. The highest BCUT2D eigenvalue weighted by Crippen LogP contribution is 2.23. The molecule has 2 aromatic carbocycles. The highest BCUT2D eigenvalue weighted by molar-refractivity contribution is 6.04. The highest BCUT2D eigenvalue weighted by Gasteiger charge is 2.21. The van der Waals surface area contributed by atoms with Crippen molar-refractivity contribution < 1.29 is 28.6 Å². The Kier molecular flexibility index (Phi) is 6.76. The number of anilines is 1. The first-order valence-corrected chi connectivity index (χ1v) is 8.62. The van der Waals surface area contributed by atoms with Gasteiger partial charge in [0.1, 0.15) is 5.75 Å². The van der Waals surface area contributed by atoms with E-state index < -0.39 is 23.9 Å². The molecule has 0 unspecified atom stereocenters. The van der Waals surface area contributed by atoms with E-state index in [0.717, 1.165) is 11.1 Å². The van der Waals surface area contributed by atoms with Crippen LogP contribution in [0.1, 0.15) is 38.8 Å². The molecular formula is C21H23NO6. The number of methoxy groups -OCH3 is 2. The predicted octanol–water partition coefficient (Wildman–Crippen LogP) is 3.28. The smallest absolute Gasteiger partial charge is 0.339 e. The lowest BCUT2D eigenvalue weighted by molar-refractivity contribution is -0.122. The molecule has 0 aliphatic rings. The Labute approximate surface area is 163 Å². The third-order valence-corrected chi connectivity index (χ3v) is 4.12. The average molecular weight is 385 g/mol. The molecule has 7 heteroatoms. The third kappa shape index (κ3) is 4.88. The van der Waals surface area contributed by atoms with Gasteiger partial charge in [0.2, 0.25) is 0 Å². The van der Waals surface area contributed by atoms with Crippen molar-refractivity contribution in [2.24, 2.45) is 0 Å². The molecule has 0 aliphatic carbocycles. The van der Waals surface area contributed by atoms with E-state index in [1.807, 2.05) is 32.0 Å². The molecule has 1 amide bonds. The van der Waals surface area contributed by atoms with E-state index in [0.29, 0.717) is 5.75 Å². The maximum Gasteiger partial charge on any atom is 0.339 e. The summed E-state index contributed by atoms with van der Waals surface area (Å²) in [5, 5.41) is 2.63. The van der Waals surface area contributed by atoms with E-state index in [-0.39, 0.29) is 16.8 Å². The van der Waals surface area contributed by atoms with Crippen LogP contribution in [0.5, 0.6) is 5.75 Å². The van der Waals surface area contributed by atoms with Crippen molar-refractivity contribution in [1.29, 1.82) is 0 Å². The normalized spacial score (nSPS) is 11.3. The molecule has 0 bridgehead atoms. The quantitative estimate of drug-likeness (QED) is 0.768. The standard InChI is InChI=1S/C21H23NO6/c1-12-6-7-13(2)18(10-12)28-14(3)19(23)22-17-11-15(20(24)26-4)8-9-16(17)21(25)27-5/h6-11,14H,1-5H3,(H,22,23)/t14-/m1/s1. The first kappa shape index (κ1) is 21.0. The zero-order valence-corrected chi connectivity index (χ0v) is 16.5. The molecule has 0 aromatic heterocycles. The van der Waals surface area contributed by atoms with E-state index in [1.165, 1.54) is 32.4 Å². The number of amides is 1. The Morgan fingerprint density at radius 2 is 1.61 bits per heavy atom. The van der Waals surface area contributed by atoms with Gasteiger partial charge in [0.05, 0.1) is 31.0 Å². The first-order chi connectivity index (χ1) is 13.3. The summed E-state index contributed by atoms with van der Waals surface area (Å²) in [5.41, 5.74) is 2.34. The van der Waals surface area contributed by atoms with Crippen molar-refractivity contribution in [1.82, 2.24) is 0 Å². The molecule has 1 N–H and O–H groups in total. The van der Waals surface area contributed by atoms with Crippen LogP contribution in [0, 0.1) is 13.8 Å². The molecule has 28 heavy (non-hydrogen) atoms. The zero-order valence-electron chi connectivity index (χ0n) is 16.5. The largest absolute Gasteiger partial charge is 0.481 e. The summed E-state index contributed by atoms with van der Waals surface area (Å²) in [6.07, 6.45) is -0.840. The summed E-state index contributed by atoms with van der Waals surface area (Å²) in [7, 11) is 2.48. The van der Waals surface area contributed by atoms with Crippen molar-refractivity contribution in [3.8, 4) is 5.75 Å². The van der Waals surface area contributed by atoms with Gasteiger partial charge in [-0.3, -0.25) is 4.79 Å². The first-order valence-electron chi connectivity index (χ1n) is 8.62. The number of rotatable bonds is 6. The minimum absolute atomic E-state index is 0.113. The summed E-state index contributed by atoms with van der Waals surface area (Å²) in [6, 6.07) is 9.88. The number of ether oxygens (including phenoxy) is 3. The Morgan fingerprint density at radius 1 is 0.929 bits per heavy atom. The van der Waals surface area contributed by atoms with E-state index >= 15 is 0 Å². The molecule has 7 nitrogen and oxygen atoms in total. The molecule has 148 valence electrons. The Bertz CT molecular complexity index is 906. The molecule has 0 radical (unpaired) electrons. The summed E-state index contributed by atoms with van der Waals surface area (Å²) in [4.78, 5) is 36.4. The number of nitrogens with one attached hydrogen (secondary N) is 1. The Morgan fingerprint density at radius 3 is 2.25 bits per heavy atom. The molecule has 0 saturated heterocycles. The fourth-order valence-electron chi connectivity index (χ4n) is 2.49. The zero-order chi connectivity index (χ0) is 20.8. The number of carbonyl (C=O) groups is 3. The molecule has 0 saturated carbocycles. The van der Waals surface area contributed by atoms with Crippen LogP contribution in [0.4, 0.5) is 5.69 Å². The van der Waals surface area contributed by atoms with Crippen LogP contribution in [0.15, 0.2) is 36.4 Å². The lowest BCUT2D eigenvalue weighted by Gasteiger charge is -2.18. The number of carbonyl (C=O) groups excluding carboxylic acids is 3. The molecule has 1 atom stereocenters. The number of hydrogen-bond acceptors (Lipinski definition) is 6. The van der Waals surface area contributed by atoms with Crippen LogP contribution >= 0.6 is 0 Å². The van der Waals surface area contributed by atoms with Gasteiger partial charge in [0.25, 0.3) is 5.91 Å². The minimum atomic E-state index is -0.840. The lowest BCUT2D eigenvalue weighted by Crippen LogP contribution is -2.31. The lowest BCUT2D eigenvalue weighted by atomic mass is 10.1. The topological polar surface area (TPSA) is 90.9 Å². The minimum Gasteiger partial charge on any atom is -0.481 e. The molecular weight excluding hydrogens is 362 g/mol. The summed E-state index contributed by atoms with van der Waals surface area (Å²) >= 11 is 0. The van der Waals surface area contributed by atoms with Gasteiger partial charge < -0.3 is 19.5 Å². The van der Waals surface area contributed by atoms with Crippen molar-refractivity contribution in [2.45, 2.75) is 26.9 Å². The van der Waals surface area contributed by atoms with Gasteiger partial charge in [-0.25, -0.2) is 9.59 Å². The van der Waals surface area contributed by atoms with Crippen LogP contribution in [0.25, 0.3) is 0 Å². The van der Waals surface area contributed by atoms with Crippen molar-refractivity contribution in [3.05, 3.63) is 58.7 Å². The fraction of sp³-hybridized carbons (Fsp3) is 0.286. The van der Waals surface area contributed by atoms with Gasteiger partial charge in [-0.2, -0.15) is 0 Å². The summed E-state index contributed by atoms with van der Waals surface area (Å²) in [5.74, 6) is -1.12. The molecule has 2 aromatic rings. The number of benzene rings is 2. The maximum absolute atomic E-state index is 12.6. The van der Waals surface area contributed by atoms with Gasteiger partial charge in [-0.15, -0.1) is 0 Å². The number of esters is 2. The predicted molar refractivity (Wildman–Crippen MR) is 104 cm³/mol. The molecule has 0 fully saturated rings. The summed E-state index contributed by atoms with van der Waals surface area (Å²) in [6.45, 7) is 5.41. The summed E-state index contributed by atoms with van der Waals surface area (Å²) < 4.78 is 15.2. The van der Waals surface area contributed by atoms with Gasteiger partial charge in [-0.1, -0.05) is 12.1 Å².